The Labute approximate surface area is 469 Å². The fraction of sp³-hybridized carbons (Fsp3) is 0.913. The summed E-state index contributed by atoms with van der Waals surface area (Å²) in [6.45, 7) is 4.96. The van der Waals surface area contributed by atoms with Gasteiger partial charge >= 0.3 is 5.97 Å². The van der Waals surface area contributed by atoms with Crippen LogP contribution in [-0.2, 0) is 14.3 Å². The summed E-state index contributed by atoms with van der Waals surface area (Å²) in [6, 6.07) is -0.550. The SMILES string of the molecule is CCCCCCC/C=C\CCCCCCCC(=O)OCCCCCCCCCC/C=C\CCCCCCCCCC(=O)NC(CO)C(O)CCCCCCCCCCCCCCCCCCCCCCCCCCC. The molecule has 0 saturated carbocycles. The van der Waals surface area contributed by atoms with Crippen LogP contribution in [0.25, 0.3) is 0 Å². The van der Waals surface area contributed by atoms with Crippen molar-refractivity contribution >= 4 is 11.9 Å². The number of aliphatic hydroxyl groups excluding tert-OH is 2. The molecule has 0 aliphatic carbocycles. The Morgan fingerprint density at radius 3 is 0.947 bits per heavy atom. The number of rotatable bonds is 64. The lowest BCUT2D eigenvalue weighted by molar-refractivity contribution is -0.143. The van der Waals surface area contributed by atoms with Crippen molar-refractivity contribution in [1.29, 1.82) is 0 Å². The maximum Gasteiger partial charge on any atom is 0.305 e. The van der Waals surface area contributed by atoms with Crippen LogP contribution in [0, 0.1) is 0 Å². The second-order valence-corrected chi connectivity index (χ2v) is 23.5. The first-order valence-electron chi connectivity index (χ1n) is 34.1. The predicted octanol–water partition coefficient (Wildman–Crippen LogP) is 21.8. The van der Waals surface area contributed by atoms with Gasteiger partial charge in [-0.15, -0.1) is 0 Å². The van der Waals surface area contributed by atoms with E-state index in [1.165, 1.54) is 302 Å². The Morgan fingerprint density at radius 2 is 0.627 bits per heavy atom. The molecule has 6 nitrogen and oxygen atoms in total. The summed E-state index contributed by atoms with van der Waals surface area (Å²) >= 11 is 0. The van der Waals surface area contributed by atoms with Gasteiger partial charge in [-0.2, -0.15) is 0 Å². The summed E-state index contributed by atoms with van der Waals surface area (Å²) < 4.78 is 5.47. The number of carbonyl (C=O) groups excluding carboxylic acids is 2. The lowest BCUT2D eigenvalue weighted by Gasteiger charge is -2.22. The first-order valence-corrected chi connectivity index (χ1v) is 34.1. The van der Waals surface area contributed by atoms with E-state index in [1.807, 2.05) is 0 Å². The van der Waals surface area contributed by atoms with Crippen LogP contribution in [-0.4, -0.2) is 47.4 Å². The summed E-state index contributed by atoms with van der Waals surface area (Å²) in [5.74, 6) is -0.0440. The molecule has 3 N–H and O–H groups in total. The van der Waals surface area contributed by atoms with Crippen molar-refractivity contribution in [3.05, 3.63) is 24.3 Å². The Morgan fingerprint density at radius 1 is 0.360 bits per heavy atom. The molecule has 0 aromatic rings. The number of hydrogen-bond donors (Lipinski definition) is 3. The minimum atomic E-state index is -0.672. The highest BCUT2D eigenvalue weighted by atomic mass is 16.5. The van der Waals surface area contributed by atoms with Gasteiger partial charge in [-0.25, -0.2) is 0 Å². The van der Waals surface area contributed by atoms with Gasteiger partial charge < -0.3 is 20.3 Å². The fourth-order valence-electron chi connectivity index (χ4n) is 10.7. The van der Waals surface area contributed by atoms with Gasteiger partial charge in [0.1, 0.15) is 0 Å². The maximum absolute atomic E-state index is 12.5. The molecule has 0 aliphatic rings. The van der Waals surface area contributed by atoms with Crippen molar-refractivity contribution in [2.24, 2.45) is 0 Å². The van der Waals surface area contributed by atoms with Crippen LogP contribution in [0.2, 0.25) is 0 Å². The molecule has 0 aromatic carbocycles. The van der Waals surface area contributed by atoms with Crippen LogP contribution in [0.4, 0.5) is 0 Å². The molecule has 0 saturated heterocycles. The summed E-state index contributed by atoms with van der Waals surface area (Å²) in [4.78, 5) is 24.6. The van der Waals surface area contributed by atoms with Gasteiger partial charge in [-0.3, -0.25) is 9.59 Å². The Kier molecular flexibility index (Phi) is 63.4. The van der Waals surface area contributed by atoms with Crippen LogP contribution in [0.1, 0.15) is 380 Å². The number of unbranched alkanes of at least 4 members (excludes halogenated alkanes) is 49. The van der Waals surface area contributed by atoms with Gasteiger partial charge in [-0.05, 0) is 77.0 Å². The molecular weight excluding hydrogens is 923 g/mol. The topological polar surface area (TPSA) is 95.9 Å². The molecule has 0 spiro atoms. The molecule has 0 aliphatic heterocycles. The number of nitrogens with one attached hydrogen (secondary N) is 1. The van der Waals surface area contributed by atoms with Crippen molar-refractivity contribution in [2.45, 2.75) is 392 Å². The summed E-state index contributed by atoms with van der Waals surface area (Å²) in [6.07, 6.45) is 80.6. The van der Waals surface area contributed by atoms with E-state index >= 15 is 0 Å². The Hall–Kier alpha value is -1.66. The number of allylic oxidation sites excluding steroid dienone is 4. The highest BCUT2D eigenvalue weighted by molar-refractivity contribution is 5.76. The second kappa shape index (κ2) is 64.9. The van der Waals surface area contributed by atoms with Crippen LogP contribution in [0.3, 0.4) is 0 Å². The molecule has 6 heteroatoms. The first-order chi connectivity index (χ1) is 37.0. The van der Waals surface area contributed by atoms with E-state index in [0.29, 0.717) is 25.9 Å². The number of esters is 1. The van der Waals surface area contributed by atoms with Crippen LogP contribution >= 0.6 is 0 Å². The highest BCUT2D eigenvalue weighted by Crippen LogP contribution is 2.18. The van der Waals surface area contributed by atoms with E-state index in [1.54, 1.807) is 0 Å². The molecule has 2 unspecified atom stereocenters. The summed E-state index contributed by atoms with van der Waals surface area (Å²) in [5.41, 5.74) is 0. The molecule has 2 atom stereocenters. The maximum atomic E-state index is 12.5. The molecule has 0 fully saturated rings. The Bertz CT molecular complexity index is 1170. The average Bonchev–Trinajstić information content (AvgIpc) is 3.41. The molecular formula is C69H133NO5. The summed E-state index contributed by atoms with van der Waals surface area (Å²) in [5, 5.41) is 23.4. The third kappa shape index (κ3) is 61.4. The van der Waals surface area contributed by atoms with E-state index < -0.39 is 12.1 Å². The van der Waals surface area contributed by atoms with Crippen molar-refractivity contribution < 1.29 is 24.5 Å². The zero-order valence-corrected chi connectivity index (χ0v) is 50.8. The third-order valence-corrected chi connectivity index (χ3v) is 16.0. The van der Waals surface area contributed by atoms with Gasteiger partial charge in [0, 0.05) is 12.8 Å². The monoisotopic (exact) mass is 1060 g/mol. The second-order valence-electron chi connectivity index (χ2n) is 23.5. The van der Waals surface area contributed by atoms with Gasteiger partial charge in [0.15, 0.2) is 0 Å². The van der Waals surface area contributed by atoms with Crippen molar-refractivity contribution in [3.63, 3.8) is 0 Å². The molecule has 0 heterocycles. The van der Waals surface area contributed by atoms with Gasteiger partial charge in [0.05, 0.1) is 25.4 Å². The standard InChI is InChI=1S/C69H133NO5/c1-3-5-7-9-11-13-15-17-19-20-21-22-23-24-25-26-28-31-34-37-41-45-49-53-57-61-67(72)66(65-71)70-68(73)62-58-54-50-46-42-38-35-32-29-27-30-33-36-40-44-48-52-56-60-64-75-69(74)63-59-55-51-47-43-39-18-16-14-12-10-8-6-4-2/h16,18,27,29,66-67,71-72H,3-15,17,19-26,28,30-65H2,1-2H3,(H,70,73)/b18-16-,29-27-. The van der Waals surface area contributed by atoms with Crippen molar-refractivity contribution in [3.8, 4) is 0 Å². The molecule has 0 rings (SSSR count). The summed E-state index contributed by atoms with van der Waals surface area (Å²) in [7, 11) is 0. The Balaban J connectivity index is 3.43. The van der Waals surface area contributed by atoms with Crippen molar-refractivity contribution in [1.82, 2.24) is 5.32 Å². The third-order valence-electron chi connectivity index (χ3n) is 16.0. The van der Waals surface area contributed by atoms with Gasteiger partial charge in [0.25, 0.3) is 0 Å². The molecule has 0 radical (unpaired) electrons. The van der Waals surface area contributed by atoms with E-state index in [0.717, 1.165) is 44.9 Å². The van der Waals surface area contributed by atoms with E-state index in [4.69, 9.17) is 4.74 Å². The zero-order chi connectivity index (χ0) is 54.3. The molecule has 444 valence electrons. The lowest BCUT2D eigenvalue weighted by atomic mass is 10.0. The van der Waals surface area contributed by atoms with Crippen molar-refractivity contribution in [2.75, 3.05) is 13.2 Å². The minimum absolute atomic E-state index is 0.00363. The smallest absolute Gasteiger partial charge is 0.305 e. The van der Waals surface area contributed by atoms with E-state index in [9.17, 15) is 19.8 Å². The molecule has 0 bridgehead atoms. The number of hydrogen-bond acceptors (Lipinski definition) is 5. The number of ether oxygens (including phenoxy) is 1. The number of aliphatic hydroxyl groups is 2. The lowest BCUT2D eigenvalue weighted by Crippen LogP contribution is -2.45. The van der Waals surface area contributed by atoms with Crippen LogP contribution < -0.4 is 5.32 Å². The van der Waals surface area contributed by atoms with Gasteiger partial charge in [-0.1, -0.05) is 314 Å². The fourth-order valence-corrected chi connectivity index (χ4v) is 10.7. The number of carbonyl (C=O) groups is 2. The minimum Gasteiger partial charge on any atom is -0.466 e. The molecule has 1 amide bonds. The average molecular weight is 1060 g/mol. The normalized spacial score (nSPS) is 12.6. The van der Waals surface area contributed by atoms with E-state index in [2.05, 4.69) is 43.5 Å². The predicted molar refractivity (Wildman–Crippen MR) is 329 cm³/mol. The van der Waals surface area contributed by atoms with Gasteiger partial charge in [0.2, 0.25) is 5.91 Å². The molecule has 0 aromatic heterocycles. The largest absolute Gasteiger partial charge is 0.466 e. The number of amides is 1. The quantitative estimate of drug-likeness (QED) is 0.0320. The highest BCUT2D eigenvalue weighted by Gasteiger charge is 2.20. The van der Waals surface area contributed by atoms with Crippen LogP contribution in [0.15, 0.2) is 24.3 Å². The van der Waals surface area contributed by atoms with Crippen LogP contribution in [0.5, 0.6) is 0 Å². The first kappa shape index (κ1) is 73.3. The zero-order valence-electron chi connectivity index (χ0n) is 50.8. The molecule has 75 heavy (non-hydrogen) atoms. The van der Waals surface area contributed by atoms with E-state index in [-0.39, 0.29) is 18.5 Å².